The quantitative estimate of drug-likeness (QED) is 0.313. The Balaban J connectivity index is 1.40. The zero-order valence-corrected chi connectivity index (χ0v) is 17.2. The number of nitrogens with zero attached hydrogens (tertiary/aromatic N) is 2. The van der Waals surface area contributed by atoms with Crippen molar-refractivity contribution in [2.75, 3.05) is 0 Å². The fraction of sp³-hybridized carbons (Fsp3) is 0. The summed E-state index contributed by atoms with van der Waals surface area (Å²) >= 11 is 0. The van der Waals surface area contributed by atoms with Gasteiger partial charge in [0, 0.05) is 23.6 Å². The summed E-state index contributed by atoms with van der Waals surface area (Å²) in [6.07, 6.45) is 3.37. The van der Waals surface area contributed by atoms with Crippen LogP contribution in [0.25, 0.3) is 21.5 Å². The number of aliphatic imine (C=N–C) groups is 2. The van der Waals surface area contributed by atoms with E-state index < -0.39 is 0 Å². The van der Waals surface area contributed by atoms with Crippen LogP contribution in [0.15, 0.2) is 107 Å². The lowest BCUT2D eigenvalue weighted by atomic mass is 10.0. The number of fused-ring (bicyclic) bond motifs is 2. The molecule has 0 amide bonds. The molecular weight excluding hydrogens is 396 g/mol. The van der Waals surface area contributed by atoms with Gasteiger partial charge in [-0.15, -0.1) is 0 Å². The molecule has 0 bridgehead atoms. The molecular formula is C28H20N2O2. The van der Waals surface area contributed by atoms with E-state index in [0.29, 0.717) is 11.1 Å². The Morgan fingerprint density at radius 1 is 0.469 bits per heavy atom. The molecule has 0 aliphatic carbocycles. The van der Waals surface area contributed by atoms with Crippen molar-refractivity contribution in [3.05, 3.63) is 108 Å². The van der Waals surface area contributed by atoms with E-state index in [9.17, 15) is 10.2 Å². The molecule has 4 heteroatoms. The number of aromatic hydroxyl groups is 2. The number of benzene rings is 5. The fourth-order valence-electron chi connectivity index (χ4n) is 3.74. The van der Waals surface area contributed by atoms with Gasteiger partial charge in [-0.05, 0) is 57.9 Å². The van der Waals surface area contributed by atoms with Crippen LogP contribution in [0.1, 0.15) is 11.1 Å². The van der Waals surface area contributed by atoms with Gasteiger partial charge in [0.1, 0.15) is 11.5 Å². The number of hydrogen-bond acceptors (Lipinski definition) is 4. The van der Waals surface area contributed by atoms with Crippen molar-refractivity contribution in [3.8, 4) is 11.5 Å². The van der Waals surface area contributed by atoms with Crippen molar-refractivity contribution >= 4 is 45.3 Å². The van der Waals surface area contributed by atoms with E-state index in [-0.39, 0.29) is 11.5 Å². The minimum absolute atomic E-state index is 0.198. The highest BCUT2D eigenvalue weighted by Crippen LogP contribution is 2.28. The van der Waals surface area contributed by atoms with Crippen LogP contribution in [0.2, 0.25) is 0 Å². The van der Waals surface area contributed by atoms with Gasteiger partial charge < -0.3 is 10.2 Å². The van der Waals surface area contributed by atoms with Gasteiger partial charge in [0.15, 0.2) is 0 Å². The van der Waals surface area contributed by atoms with Gasteiger partial charge in [-0.3, -0.25) is 9.98 Å². The molecule has 32 heavy (non-hydrogen) atoms. The van der Waals surface area contributed by atoms with Crippen LogP contribution in [0, 0.1) is 0 Å². The van der Waals surface area contributed by atoms with Crippen molar-refractivity contribution < 1.29 is 10.2 Å². The summed E-state index contributed by atoms with van der Waals surface area (Å²) in [6, 6.07) is 30.4. The van der Waals surface area contributed by atoms with Gasteiger partial charge in [-0.2, -0.15) is 0 Å². The van der Waals surface area contributed by atoms with Crippen LogP contribution in [0.3, 0.4) is 0 Å². The highest BCUT2D eigenvalue weighted by Gasteiger charge is 2.05. The van der Waals surface area contributed by atoms with Crippen LogP contribution in [-0.4, -0.2) is 22.6 Å². The zero-order chi connectivity index (χ0) is 21.9. The Labute approximate surface area is 185 Å². The van der Waals surface area contributed by atoms with E-state index in [4.69, 9.17) is 0 Å². The molecule has 5 aromatic rings. The Hall–Kier alpha value is -4.44. The Kier molecular flexibility index (Phi) is 5.10. The van der Waals surface area contributed by atoms with Gasteiger partial charge >= 0.3 is 0 Å². The van der Waals surface area contributed by atoms with Crippen molar-refractivity contribution in [1.82, 2.24) is 0 Å². The minimum atomic E-state index is 0.198. The first-order chi connectivity index (χ1) is 15.7. The second-order valence-corrected chi connectivity index (χ2v) is 7.47. The molecule has 5 aromatic carbocycles. The van der Waals surface area contributed by atoms with E-state index in [1.165, 1.54) is 0 Å². The van der Waals surface area contributed by atoms with Gasteiger partial charge in [-0.1, -0.05) is 60.7 Å². The van der Waals surface area contributed by atoms with Crippen LogP contribution in [0.5, 0.6) is 11.5 Å². The SMILES string of the molecule is Oc1ccc2ccccc2c1C=Nc1ccc(N=Cc2c(O)ccc3ccccc23)cc1. The number of rotatable bonds is 4. The van der Waals surface area contributed by atoms with Crippen LogP contribution >= 0.6 is 0 Å². The molecule has 0 spiro atoms. The molecule has 0 aromatic heterocycles. The number of phenols is 2. The lowest BCUT2D eigenvalue weighted by molar-refractivity contribution is 0.475. The van der Waals surface area contributed by atoms with E-state index in [1.54, 1.807) is 24.6 Å². The molecule has 2 N–H and O–H groups in total. The average Bonchev–Trinajstić information content (AvgIpc) is 2.83. The maximum Gasteiger partial charge on any atom is 0.124 e. The first kappa shape index (κ1) is 19.5. The third kappa shape index (κ3) is 3.82. The van der Waals surface area contributed by atoms with Gasteiger partial charge in [0.05, 0.1) is 11.4 Å². The predicted molar refractivity (Wildman–Crippen MR) is 132 cm³/mol. The number of hydrogen-bond donors (Lipinski definition) is 2. The second-order valence-electron chi connectivity index (χ2n) is 7.47. The van der Waals surface area contributed by atoms with Crippen molar-refractivity contribution in [2.24, 2.45) is 9.98 Å². The molecule has 0 atom stereocenters. The molecule has 0 unspecified atom stereocenters. The molecule has 0 heterocycles. The number of phenolic OH excluding ortho intramolecular Hbond substituents is 2. The smallest absolute Gasteiger partial charge is 0.124 e. The molecule has 0 aliphatic rings. The fourth-order valence-corrected chi connectivity index (χ4v) is 3.74. The maximum absolute atomic E-state index is 10.3. The predicted octanol–water partition coefficient (Wildman–Crippen LogP) is 6.91. The van der Waals surface area contributed by atoms with Gasteiger partial charge in [0.25, 0.3) is 0 Å². The molecule has 0 radical (unpaired) electrons. The Morgan fingerprint density at radius 2 is 0.875 bits per heavy atom. The summed E-state index contributed by atoms with van der Waals surface area (Å²) < 4.78 is 0. The van der Waals surface area contributed by atoms with Crippen molar-refractivity contribution in [2.45, 2.75) is 0 Å². The first-order valence-corrected chi connectivity index (χ1v) is 10.3. The topological polar surface area (TPSA) is 65.2 Å². The summed E-state index contributed by atoms with van der Waals surface area (Å²) in [5.41, 5.74) is 2.89. The minimum Gasteiger partial charge on any atom is -0.507 e. The second kappa shape index (κ2) is 8.36. The summed E-state index contributed by atoms with van der Waals surface area (Å²) in [7, 11) is 0. The highest BCUT2D eigenvalue weighted by molar-refractivity contribution is 6.04. The van der Waals surface area contributed by atoms with Gasteiger partial charge in [0.2, 0.25) is 0 Å². The van der Waals surface area contributed by atoms with Crippen LogP contribution in [0.4, 0.5) is 11.4 Å². The van der Waals surface area contributed by atoms with Gasteiger partial charge in [-0.25, -0.2) is 0 Å². The van der Waals surface area contributed by atoms with E-state index in [2.05, 4.69) is 9.98 Å². The molecule has 0 aliphatic heterocycles. The molecule has 154 valence electrons. The van der Waals surface area contributed by atoms with Crippen LogP contribution in [-0.2, 0) is 0 Å². The summed E-state index contributed by atoms with van der Waals surface area (Å²) in [5, 5.41) is 24.6. The highest BCUT2D eigenvalue weighted by atomic mass is 16.3. The maximum atomic E-state index is 10.3. The zero-order valence-electron chi connectivity index (χ0n) is 17.2. The molecule has 0 saturated heterocycles. The van der Waals surface area contributed by atoms with E-state index in [0.717, 1.165) is 32.9 Å². The summed E-state index contributed by atoms with van der Waals surface area (Å²) in [4.78, 5) is 9.05. The Bertz CT molecular complexity index is 1370. The third-order valence-electron chi connectivity index (χ3n) is 5.43. The largest absolute Gasteiger partial charge is 0.507 e. The van der Waals surface area contributed by atoms with Crippen molar-refractivity contribution in [3.63, 3.8) is 0 Å². The van der Waals surface area contributed by atoms with E-state index >= 15 is 0 Å². The first-order valence-electron chi connectivity index (χ1n) is 10.3. The molecule has 4 nitrogen and oxygen atoms in total. The summed E-state index contributed by atoms with van der Waals surface area (Å²) in [6.45, 7) is 0. The Morgan fingerprint density at radius 3 is 1.31 bits per heavy atom. The van der Waals surface area contributed by atoms with E-state index in [1.807, 2.05) is 84.9 Å². The standard InChI is InChI=1S/C28H20N2O2/c31-27-15-9-19-5-1-3-7-23(19)25(27)17-29-21-11-13-22(14-12-21)30-18-26-24-8-4-2-6-20(24)10-16-28(26)32/h1-18,31-32H. The normalized spacial score (nSPS) is 11.8. The average molecular weight is 416 g/mol. The summed E-state index contributed by atoms with van der Waals surface area (Å²) in [5.74, 6) is 0.395. The lowest BCUT2D eigenvalue weighted by Gasteiger charge is -2.05. The lowest BCUT2D eigenvalue weighted by Crippen LogP contribution is -1.86. The van der Waals surface area contributed by atoms with Crippen molar-refractivity contribution in [1.29, 1.82) is 0 Å². The molecule has 0 saturated carbocycles. The molecule has 5 rings (SSSR count). The monoisotopic (exact) mass is 416 g/mol. The molecule has 0 fully saturated rings. The van der Waals surface area contributed by atoms with Crippen LogP contribution < -0.4 is 0 Å². The third-order valence-corrected chi connectivity index (χ3v) is 5.43.